The minimum Gasteiger partial charge on any atom is -0.378 e. The molecule has 5 nitrogen and oxygen atoms in total. The van der Waals surface area contributed by atoms with E-state index in [2.05, 4.69) is 23.3 Å². The molecule has 0 aliphatic carbocycles. The van der Waals surface area contributed by atoms with Crippen molar-refractivity contribution in [2.75, 3.05) is 23.3 Å². The Labute approximate surface area is 208 Å². The van der Waals surface area contributed by atoms with Gasteiger partial charge < -0.3 is 15.1 Å². The first-order valence-corrected chi connectivity index (χ1v) is 12.3. The minimum absolute atomic E-state index is 0.0473. The molecule has 1 unspecified atom stereocenters. The second kappa shape index (κ2) is 14.0. The van der Waals surface area contributed by atoms with Crippen molar-refractivity contribution in [3.63, 3.8) is 0 Å². The molecular formula is C27H40F3N3O2. The van der Waals surface area contributed by atoms with E-state index in [9.17, 15) is 22.8 Å². The van der Waals surface area contributed by atoms with Gasteiger partial charge in [0.1, 0.15) is 0 Å². The molecule has 2 heterocycles. The average molecular weight is 496 g/mol. The van der Waals surface area contributed by atoms with Crippen LogP contribution in [0.1, 0.15) is 66.9 Å². The van der Waals surface area contributed by atoms with Gasteiger partial charge in [0.15, 0.2) is 0 Å². The zero-order valence-electron chi connectivity index (χ0n) is 22.0. The maximum atomic E-state index is 12.6. The van der Waals surface area contributed by atoms with Gasteiger partial charge in [-0.25, -0.2) is 0 Å². The maximum Gasteiger partial charge on any atom is 0.412 e. The Morgan fingerprint density at radius 1 is 1.09 bits per heavy atom. The van der Waals surface area contributed by atoms with Crippen LogP contribution in [-0.4, -0.2) is 42.0 Å². The van der Waals surface area contributed by atoms with Crippen molar-refractivity contribution in [1.29, 1.82) is 0 Å². The summed E-state index contributed by atoms with van der Waals surface area (Å²) in [6.45, 7) is 13.9. The fraction of sp³-hybridized carbons (Fsp3) is 0.556. The first kappa shape index (κ1) is 30.3. The second-order valence-electron chi connectivity index (χ2n) is 8.54. The monoisotopic (exact) mass is 495 g/mol. The quantitative estimate of drug-likeness (QED) is 0.474. The fourth-order valence-electron chi connectivity index (χ4n) is 4.09. The first-order valence-electron chi connectivity index (χ1n) is 12.3. The predicted octanol–water partition coefficient (Wildman–Crippen LogP) is 6.71. The fourth-order valence-corrected chi connectivity index (χ4v) is 4.09. The number of piperidine rings is 1. The number of fused-ring (bicyclic) bond motifs is 1. The molecule has 0 spiro atoms. The van der Waals surface area contributed by atoms with Gasteiger partial charge in [0.25, 0.3) is 0 Å². The highest BCUT2D eigenvalue weighted by molar-refractivity contribution is 5.97. The lowest BCUT2D eigenvalue weighted by atomic mass is 9.96. The summed E-state index contributed by atoms with van der Waals surface area (Å²) in [5.74, 6) is 0.184. The number of nitrogens with one attached hydrogen (secondary N) is 1. The van der Waals surface area contributed by atoms with Crippen LogP contribution in [-0.2, 0) is 16.0 Å². The van der Waals surface area contributed by atoms with E-state index < -0.39 is 11.7 Å². The number of alkyl halides is 3. The van der Waals surface area contributed by atoms with Crippen LogP contribution >= 0.6 is 0 Å². The van der Waals surface area contributed by atoms with E-state index in [0.717, 1.165) is 56.7 Å². The van der Waals surface area contributed by atoms with Crippen LogP contribution in [0.2, 0.25) is 0 Å². The lowest BCUT2D eigenvalue weighted by molar-refractivity contribution is -0.121. The molecule has 1 atom stereocenters. The Balaban J connectivity index is 0.000000523. The van der Waals surface area contributed by atoms with Crippen molar-refractivity contribution in [3.8, 4) is 0 Å². The number of anilines is 2. The standard InChI is InChI=1S/C20H27N3O2.C5H7F3.C2H6/c1-4-9-22-10-7-16(8-11-22)20(25)21-18-6-5-17-12-14(2)23(15(3)24)19(17)13-18;1-3-4(2)5(6,7)8;1-2/h4-6,9,13-14,16H,7-8,10-12H2,1-3H3,(H,21,25);3H,1-2H3;1-2H3/b9-4+;4-3+;. The summed E-state index contributed by atoms with van der Waals surface area (Å²) in [6.07, 6.45) is 3.65. The van der Waals surface area contributed by atoms with Gasteiger partial charge in [-0.05, 0) is 70.9 Å². The molecule has 2 amide bonds. The second-order valence-corrected chi connectivity index (χ2v) is 8.54. The summed E-state index contributed by atoms with van der Waals surface area (Å²) in [4.78, 5) is 28.6. The number of carbonyl (C=O) groups is 2. The van der Waals surface area contributed by atoms with Gasteiger partial charge in [-0.1, -0.05) is 32.1 Å². The smallest absolute Gasteiger partial charge is 0.378 e. The summed E-state index contributed by atoms with van der Waals surface area (Å²) >= 11 is 0. The molecular weight excluding hydrogens is 455 g/mol. The highest BCUT2D eigenvalue weighted by Gasteiger charge is 2.30. The summed E-state index contributed by atoms with van der Waals surface area (Å²) in [6, 6.07) is 6.09. The van der Waals surface area contributed by atoms with Gasteiger partial charge in [0.2, 0.25) is 11.8 Å². The molecule has 1 fully saturated rings. The number of amides is 2. The van der Waals surface area contributed by atoms with Gasteiger partial charge in [0, 0.05) is 48.9 Å². The molecule has 0 saturated carbocycles. The Morgan fingerprint density at radius 2 is 1.69 bits per heavy atom. The SMILES string of the molecule is C/C=C(\C)C(F)(F)F.C/C=C/N1CCC(C(=O)Nc2ccc3c(c2)N(C(C)=O)C(C)C3)CC1.CC. The highest BCUT2D eigenvalue weighted by Crippen LogP contribution is 2.34. The number of allylic oxidation sites excluding steroid dienone is 3. The summed E-state index contributed by atoms with van der Waals surface area (Å²) in [7, 11) is 0. The number of benzene rings is 1. The highest BCUT2D eigenvalue weighted by atomic mass is 19.4. The molecule has 1 aromatic rings. The van der Waals surface area contributed by atoms with Crippen LogP contribution < -0.4 is 10.2 Å². The number of halogens is 3. The zero-order chi connectivity index (χ0) is 26.8. The summed E-state index contributed by atoms with van der Waals surface area (Å²) < 4.78 is 34.1. The number of hydrogen-bond acceptors (Lipinski definition) is 3. The molecule has 196 valence electrons. The molecule has 3 rings (SSSR count). The Hall–Kier alpha value is -2.77. The predicted molar refractivity (Wildman–Crippen MR) is 137 cm³/mol. The van der Waals surface area contributed by atoms with E-state index in [1.165, 1.54) is 12.5 Å². The van der Waals surface area contributed by atoms with Crippen LogP contribution in [0, 0.1) is 5.92 Å². The molecule has 0 bridgehead atoms. The number of nitrogens with zero attached hydrogens (tertiary/aromatic N) is 2. The third-order valence-corrected chi connectivity index (χ3v) is 6.05. The average Bonchev–Trinajstić information content (AvgIpc) is 3.15. The van der Waals surface area contributed by atoms with E-state index in [1.54, 1.807) is 6.92 Å². The largest absolute Gasteiger partial charge is 0.412 e. The normalized spacial score (nSPS) is 18.3. The first-order chi connectivity index (χ1) is 16.5. The molecule has 0 radical (unpaired) electrons. The van der Waals surface area contributed by atoms with Crippen molar-refractivity contribution in [2.45, 2.75) is 79.9 Å². The molecule has 2 aliphatic heterocycles. The maximum absolute atomic E-state index is 12.6. The van der Waals surface area contributed by atoms with Crippen molar-refractivity contribution >= 4 is 23.2 Å². The van der Waals surface area contributed by atoms with Gasteiger partial charge in [0.05, 0.1) is 0 Å². The number of carbonyl (C=O) groups excluding carboxylic acids is 2. The number of hydrogen-bond donors (Lipinski definition) is 1. The van der Waals surface area contributed by atoms with Crippen LogP contribution in [0.5, 0.6) is 0 Å². The van der Waals surface area contributed by atoms with E-state index in [0.29, 0.717) is 0 Å². The molecule has 35 heavy (non-hydrogen) atoms. The van der Waals surface area contributed by atoms with E-state index in [-0.39, 0.29) is 23.8 Å². The van der Waals surface area contributed by atoms with Gasteiger partial charge in [-0.3, -0.25) is 9.59 Å². The van der Waals surface area contributed by atoms with Crippen LogP contribution in [0.15, 0.2) is 42.1 Å². The lowest BCUT2D eigenvalue weighted by Gasteiger charge is -2.30. The van der Waals surface area contributed by atoms with Crippen LogP contribution in [0.25, 0.3) is 0 Å². The molecule has 2 aliphatic rings. The number of likely N-dealkylation sites (tertiary alicyclic amines) is 1. The van der Waals surface area contributed by atoms with Gasteiger partial charge in [-0.2, -0.15) is 13.2 Å². The van der Waals surface area contributed by atoms with Crippen molar-refractivity contribution in [1.82, 2.24) is 4.90 Å². The third kappa shape index (κ3) is 8.75. The van der Waals surface area contributed by atoms with E-state index in [4.69, 9.17) is 0 Å². The van der Waals surface area contributed by atoms with E-state index >= 15 is 0 Å². The minimum atomic E-state index is -4.13. The van der Waals surface area contributed by atoms with Crippen molar-refractivity contribution < 1.29 is 22.8 Å². The third-order valence-electron chi connectivity index (χ3n) is 6.05. The Bertz CT molecular complexity index is 901. The number of rotatable bonds is 3. The molecule has 1 saturated heterocycles. The van der Waals surface area contributed by atoms with Crippen molar-refractivity contribution in [2.24, 2.45) is 5.92 Å². The summed E-state index contributed by atoms with van der Waals surface area (Å²) in [5, 5.41) is 3.05. The molecule has 8 heteroatoms. The van der Waals surface area contributed by atoms with Crippen molar-refractivity contribution in [3.05, 3.63) is 47.7 Å². The lowest BCUT2D eigenvalue weighted by Crippen LogP contribution is -2.35. The summed E-state index contributed by atoms with van der Waals surface area (Å²) in [5.41, 5.74) is 2.33. The van der Waals surface area contributed by atoms with E-state index in [1.807, 2.05) is 49.9 Å². The zero-order valence-corrected chi connectivity index (χ0v) is 22.0. The Kier molecular flexibility index (Phi) is 12.1. The Morgan fingerprint density at radius 3 is 2.14 bits per heavy atom. The van der Waals surface area contributed by atoms with Crippen LogP contribution in [0.3, 0.4) is 0 Å². The van der Waals surface area contributed by atoms with Gasteiger partial charge >= 0.3 is 6.18 Å². The molecule has 0 aromatic heterocycles. The molecule has 1 aromatic carbocycles. The molecule has 1 N–H and O–H groups in total. The van der Waals surface area contributed by atoms with Crippen LogP contribution in [0.4, 0.5) is 24.5 Å². The topological polar surface area (TPSA) is 52.7 Å². The van der Waals surface area contributed by atoms with Gasteiger partial charge in [-0.15, -0.1) is 0 Å².